The molecule has 0 aliphatic rings. The second kappa shape index (κ2) is 9.35. The maximum atomic E-state index is 11.4. The molecule has 0 spiro atoms. The minimum Gasteiger partial charge on any atom is -0.389 e. The van der Waals surface area contributed by atoms with Crippen molar-refractivity contribution in [3.63, 3.8) is 0 Å². The standard InChI is InChI=1S/C14H22N2O3/c1-19-11-13(17)10-16-14(18)15-9-5-8-12-6-3-2-4-7-12/h2-4,6-7,13,17H,5,8-11H2,1H3,(H2,15,16,18). The van der Waals surface area contributed by atoms with Crippen LogP contribution in [0.4, 0.5) is 4.79 Å². The molecular formula is C14H22N2O3. The summed E-state index contributed by atoms with van der Waals surface area (Å²) in [5.41, 5.74) is 1.26. The zero-order valence-corrected chi connectivity index (χ0v) is 11.3. The lowest BCUT2D eigenvalue weighted by molar-refractivity contribution is 0.0660. The predicted octanol–water partition coefficient (Wildman–Crippen LogP) is 0.926. The van der Waals surface area contributed by atoms with Crippen LogP contribution in [-0.2, 0) is 11.2 Å². The average molecular weight is 266 g/mol. The Balaban J connectivity index is 2.04. The number of aliphatic hydroxyl groups excluding tert-OH is 1. The molecule has 0 aliphatic carbocycles. The van der Waals surface area contributed by atoms with E-state index in [2.05, 4.69) is 22.8 Å². The lowest BCUT2D eigenvalue weighted by atomic mass is 10.1. The van der Waals surface area contributed by atoms with Crippen molar-refractivity contribution in [3.8, 4) is 0 Å². The summed E-state index contributed by atoms with van der Waals surface area (Å²) in [6.07, 6.45) is 1.16. The third-order valence-electron chi connectivity index (χ3n) is 2.63. The van der Waals surface area contributed by atoms with Crippen molar-refractivity contribution in [1.29, 1.82) is 0 Å². The minimum atomic E-state index is -0.667. The zero-order valence-electron chi connectivity index (χ0n) is 11.3. The molecule has 5 heteroatoms. The molecule has 0 bridgehead atoms. The smallest absolute Gasteiger partial charge is 0.314 e. The summed E-state index contributed by atoms with van der Waals surface area (Å²) in [6.45, 7) is 1.02. The van der Waals surface area contributed by atoms with Gasteiger partial charge in [0.2, 0.25) is 0 Å². The van der Waals surface area contributed by atoms with E-state index in [1.807, 2.05) is 18.2 Å². The molecule has 0 aliphatic heterocycles. The molecule has 5 nitrogen and oxygen atoms in total. The van der Waals surface area contributed by atoms with E-state index >= 15 is 0 Å². The van der Waals surface area contributed by atoms with Crippen molar-refractivity contribution in [3.05, 3.63) is 35.9 Å². The highest BCUT2D eigenvalue weighted by Crippen LogP contribution is 2.01. The Morgan fingerprint density at radius 1 is 1.32 bits per heavy atom. The topological polar surface area (TPSA) is 70.6 Å². The largest absolute Gasteiger partial charge is 0.389 e. The van der Waals surface area contributed by atoms with Crippen LogP contribution >= 0.6 is 0 Å². The van der Waals surface area contributed by atoms with Gasteiger partial charge in [-0.15, -0.1) is 0 Å². The maximum Gasteiger partial charge on any atom is 0.314 e. The van der Waals surface area contributed by atoms with Gasteiger partial charge in [0.1, 0.15) is 0 Å². The van der Waals surface area contributed by atoms with Crippen LogP contribution in [0.3, 0.4) is 0 Å². The Bertz CT molecular complexity index is 357. The first-order chi connectivity index (χ1) is 9.22. The number of urea groups is 1. The summed E-state index contributed by atoms with van der Waals surface area (Å²) in [5, 5.41) is 14.7. The van der Waals surface area contributed by atoms with Crippen molar-refractivity contribution >= 4 is 6.03 Å². The van der Waals surface area contributed by atoms with E-state index < -0.39 is 6.10 Å². The second-order valence-electron chi connectivity index (χ2n) is 4.34. The Morgan fingerprint density at radius 3 is 2.74 bits per heavy atom. The molecule has 0 aromatic heterocycles. The molecule has 0 saturated heterocycles. The highest BCUT2D eigenvalue weighted by molar-refractivity contribution is 5.73. The third-order valence-corrected chi connectivity index (χ3v) is 2.63. The first-order valence-corrected chi connectivity index (χ1v) is 6.45. The lowest BCUT2D eigenvalue weighted by Crippen LogP contribution is -2.41. The monoisotopic (exact) mass is 266 g/mol. The molecule has 2 amide bonds. The van der Waals surface area contributed by atoms with Crippen molar-refractivity contribution in [2.24, 2.45) is 0 Å². The molecule has 1 aromatic rings. The van der Waals surface area contributed by atoms with E-state index in [1.165, 1.54) is 12.7 Å². The summed E-state index contributed by atoms with van der Waals surface area (Å²) in [7, 11) is 1.51. The summed E-state index contributed by atoms with van der Waals surface area (Å²) in [5.74, 6) is 0. The number of methoxy groups -OCH3 is 1. The lowest BCUT2D eigenvalue weighted by Gasteiger charge is -2.11. The Hall–Kier alpha value is -1.59. The second-order valence-corrected chi connectivity index (χ2v) is 4.34. The van der Waals surface area contributed by atoms with E-state index in [1.54, 1.807) is 0 Å². The quantitative estimate of drug-likeness (QED) is 0.613. The van der Waals surface area contributed by atoms with E-state index in [-0.39, 0.29) is 19.2 Å². The van der Waals surface area contributed by atoms with Gasteiger partial charge < -0.3 is 20.5 Å². The van der Waals surface area contributed by atoms with Crippen LogP contribution in [0.25, 0.3) is 0 Å². The number of carbonyl (C=O) groups excluding carboxylic acids is 1. The fraction of sp³-hybridized carbons (Fsp3) is 0.500. The van der Waals surface area contributed by atoms with Crippen molar-refractivity contribution in [1.82, 2.24) is 10.6 Å². The average Bonchev–Trinajstić information content (AvgIpc) is 2.43. The van der Waals surface area contributed by atoms with Gasteiger partial charge in [-0.25, -0.2) is 4.79 Å². The molecule has 1 aromatic carbocycles. The molecular weight excluding hydrogens is 244 g/mol. The van der Waals surface area contributed by atoms with Gasteiger partial charge in [-0.1, -0.05) is 30.3 Å². The number of aryl methyl sites for hydroxylation is 1. The van der Waals surface area contributed by atoms with Crippen LogP contribution in [-0.4, -0.2) is 44.0 Å². The fourth-order valence-electron chi connectivity index (χ4n) is 1.66. The van der Waals surface area contributed by atoms with E-state index in [4.69, 9.17) is 4.74 Å². The van der Waals surface area contributed by atoms with Gasteiger partial charge >= 0.3 is 6.03 Å². The summed E-state index contributed by atoms with van der Waals surface area (Å²) in [4.78, 5) is 11.4. The fourth-order valence-corrected chi connectivity index (χ4v) is 1.66. The van der Waals surface area contributed by atoms with Crippen LogP contribution in [0.5, 0.6) is 0 Å². The number of rotatable bonds is 8. The third kappa shape index (κ3) is 7.43. The Morgan fingerprint density at radius 2 is 2.05 bits per heavy atom. The summed E-state index contributed by atoms with van der Waals surface area (Å²) < 4.78 is 4.76. The van der Waals surface area contributed by atoms with Crippen molar-refractivity contribution in [2.45, 2.75) is 18.9 Å². The molecule has 1 unspecified atom stereocenters. The van der Waals surface area contributed by atoms with Crippen LogP contribution in [0.2, 0.25) is 0 Å². The first-order valence-electron chi connectivity index (χ1n) is 6.45. The van der Waals surface area contributed by atoms with Crippen LogP contribution in [0.1, 0.15) is 12.0 Å². The number of amides is 2. The van der Waals surface area contributed by atoms with Crippen molar-refractivity contribution < 1.29 is 14.6 Å². The SMILES string of the molecule is COCC(O)CNC(=O)NCCCc1ccccc1. The minimum absolute atomic E-state index is 0.193. The van der Waals surface area contributed by atoms with Crippen LogP contribution < -0.4 is 10.6 Å². The summed E-state index contributed by atoms with van der Waals surface area (Å²) in [6, 6.07) is 9.88. The van der Waals surface area contributed by atoms with Gasteiger partial charge in [0.15, 0.2) is 0 Å². The maximum absolute atomic E-state index is 11.4. The van der Waals surface area contributed by atoms with Crippen LogP contribution in [0.15, 0.2) is 30.3 Å². The number of aliphatic hydroxyl groups is 1. The Kier molecular flexibility index (Phi) is 7.62. The van der Waals surface area contributed by atoms with Gasteiger partial charge in [0, 0.05) is 20.2 Å². The molecule has 1 rings (SSSR count). The molecule has 19 heavy (non-hydrogen) atoms. The molecule has 0 radical (unpaired) electrons. The number of hydrogen-bond donors (Lipinski definition) is 3. The summed E-state index contributed by atoms with van der Waals surface area (Å²) >= 11 is 0. The van der Waals surface area contributed by atoms with E-state index in [9.17, 15) is 9.90 Å². The number of carbonyl (C=O) groups is 1. The van der Waals surface area contributed by atoms with Gasteiger partial charge in [-0.2, -0.15) is 0 Å². The number of hydrogen-bond acceptors (Lipinski definition) is 3. The molecule has 106 valence electrons. The number of nitrogens with one attached hydrogen (secondary N) is 2. The van der Waals surface area contributed by atoms with E-state index in [0.29, 0.717) is 6.54 Å². The highest BCUT2D eigenvalue weighted by Gasteiger charge is 2.05. The number of benzene rings is 1. The molecule has 0 saturated carbocycles. The van der Waals surface area contributed by atoms with Crippen LogP contribution in [0, 0.1) is 0 Å². The molecule has 0 heterocycles. The van der Waals surface area contributed by atoms with Gasteiger partial charge in [-0.05, 0) is 18.4 Å². The van der Waals surface area contributed by atoms with Gasteiger partial charge in [-0.3, -0.25) is 0 Å². The predicted molar refractivity (Wildman–Crippen MR) is 74.0 cm³/mol. The zero-order chi connectivity index (χ0) is 13.9. The normalized spacial score (nSPS) is 11.9. The molecule has 0 fully saturated rings. The van der Waals surface area contributed by atoms with E-state index in [0.717, 1.165) is 12.8 Å². The van der Waals surface area contributed by atoms with Gasteiger partial charge in [0.05, 0.1) is 12.7 Å². The van der Waals surface area contributed by atoms with Gasteiger partial charge in [0.25, 0.3) is 0 Å². The number of ether oxygens (including phenoxy) is 1. The van der Waals surface area contributed by atoms with Crippen molar-refractivity contribution in [2.75, 3.05) is 26.8 Å². The first kappa shape index (κ1) is 15.5. The molecule has 1 atom stereocenters. The highest BCUT2D eigenvalue weighted by atomic mass is 16.5. The Labute approximate surface area is 114 Å². The molecule has 3 N–H and O–H groups in total.